The van der Waals surface area contributed by atoms with Crippen molar-refractivity contribution in [3.05, 3.63) is 35.4 Å². The number of rotatable bonds is 6. The van der Waals surface area contributed by atoms with E-state index in [0.29, 0.717) is 0 Å². The Morgan fingerprint density at radius 1 is 1.23 bits per heavy atom. The minimum absolute atomic E-state index is 0.0228. The molecular weight excluding hydrogens is 334 g/mol. The molecule has 0 spiro atoms. The number of amides is 2. The highest BCUT2D eigenvalue weighted by Crippen LogP contribution is 2.19. The second-order valence-electron chi connectivity index (χ2n) is 6.64. The summed E-state index contributed by atoms with van der Waals surface area (Å²) in [5.74, 6) is -0.895. The fraction of sp³-hybridized carbons (Fsp3) is 0.474. The topological polar surface area (TPSA) is 88.1 Å². The first-order valence-electron chi connectivity index (χ1n) is 8.67. The fourth-order valence-electron chi connectivity index (χ4n) is 2.60. The molecule has 1 aliphatic heterocycles. The lowest BCUT2D eigenvalue weighted by molar-refractivity contribution is -0.148. The molecule has 1 aliphatic rings. The number of carbonyl (C=O) groups is 3. The van der Waals surface area contributed by atoms with Crippen LogP contribution >= 0.6 is 0 Å². The van der Waals surface area contributed by atoms with E-state index in [-0.39, 0.29) is 48.9 Å². The largest absolute Gasteiger partial charge is 0.463 e. The smallest absolute Gasteiger partial charge is 0.308 e. The van der Waals surface area contributed by atoms with Gasteiger partial charge in [0.05, 0.1) is 18.6 Å². The van der Waals surface area contributed by atoms with Gasteiger partial charge in [0.25, 0.3) is 5.91 Å². The van der Waals surface area contributed by atoms with Crippen LogP contribution in [0, 0.1) is 6.92 Å². The summed E-state index contributed by atoms with van der Waals surface area (Å²) in [7, 11) is 1.52. The Morgan fingerprint density at radius 2 is 1.88 bits per heavy atom. The first-order valence-corrected chi connectivity index (χ1v) is 8.67. The molecule has 1 aromatic rings. The lowest BCUT2D eigenvalue weighted by atomic mass is 10.0. The minimum Gasteiger partial charge on any atom is -0.463 e. The van der Waals surface area contributed by atoms with Crippen LogP contribution in [0.25, 0.3) is 0 Å². The maximum atomic E-state index is 12.6. The fourth-order valence-corrected chi connectivity index (χ4v) is 2.60. The summed E-state index contributed by atoms with van der Waals surface area (Å²) in [6.45, 7) is 5.52. The van der Waals surface area contributed by atoms with Crippen LogP contribution in [0.2, 0.25) is 0 Å². The Bertz CT molecular complexity index is 710. The van der Waals surface area contributed by atoms with Crippen LogP contribution in [0.5, 0.6) is 0 Å². The van der Waals surface area contributed by atoms with E-state index in [1.807, 2.05) is 31.2 Å². The molecule has 2 amide bonds. The highest BCUT2D eigenvalue weighted by molar-refractivity contribution is 6.39. The summed E-state index contributed by atoms with van der Waals surface area (Å²) < 4.78 is 5.21. The summed E-state index contributed by atoms with van der Waals surface area (Å²) in [6.07, 6.45) is 0.327. The molecule has 0 bridgehead atoms. The molecule has 0 saturated heterocycles. The van der Waals surface area contributed by atoms with Crippen molar-refractivity contribution in [3.8, 4) is 0 Å². The van der Waals surface area contributed by atoms with Crippen LogP contribution in [0.15, 0.2) is 29.4 Å². The van der Waals surface area contributed by atoms with Crippen LogP contribution in [-0.4, -0.2) is 41.7 Å². The molecule has 1 atom stereocenters. The number of benzene rings is 1. The number of hydrogen-bond acceptors (Lipinski definition) is 5. The molecule has 0 saturated carbocycles. The van der Waals surface area contributed by atoms with Gasteiger partial charge in [-0.1, -0.05) is 29.8 Å². The Hall–Kier alpha value is -2.70. The first-order chi connectivity index (χ1) is 12.3. The highest BCUT2D eigenvalue weighted by Gasteiger charge is 2.26. The Balaban J connectivity index is 2.16. The van der Waals surface area contributed by atoms with E-state index in [0.717, 1.165) is 11.1 Å². The van der Waals surface area contributed by atoms with Crippen LogP contribution in [0.4, 0.5) is 0 Å². The Labute approximate surface area is 153 Å². The monoisotopic (exact) mass is 359 g/mol. The van der Waals surface area contributed by atoms with Crippen LogP contribution in [0.3, 0.4) is 0 Å². The van der Waals surface area contributed by atoms with Gasteiger partial charge in [-0.05, 0) is 26.3 Å². The lowest BCUT2D eigenvalue weighted by Crippen LogP contribution is -2.40. The summed E-state index contributed by atoms with van der Waals surface area (Å²) in [5, 5.41) is 8.05. The molecular formula is C19H25N3O4. The summed E-state index contributed by atoms with van der Waals surface area (Å²) in [5.41, 5.74) is 2.17. The molecule has 140 valence electrons. The number of nitrogens with zero attached hydrogens (tertiary/aromatic N) is 2. The summed E-state index contributed by atoms with van der Waals surface area (Å²) in [4.78, 5) is 36.2. The number of aryl methyl sites for hydroxylation is 1. The SMILES string of the molecule is Cc1ccc(C(CC(=O)OC(C)C)NC(=O)C2=NN(C)C(=O)CC2)cc1. The van der Waals surface area contributed by atoms with Gasteiger partial charge in [0.1, 0.15) is 5.71 Å². The van der Waals surface area contributed by atoms with Gasteiger partial charge in [-0.3, -0.25) is 14.4 Å². The second kappa shape index (κ2) is 8.60. The number of esters is 1. The van der Waals surface area contributed by atoms with E-state index in [1.54, 1.807) is 13.8 Å². The van der Waals surface area contributed by atoms with Crippen molar-refractivity contribution in [1.29, 1.82) is 0 Å². The van der Waals surface area contributed by atoms with Gasteiger partial charge in [0.2, 0.25) is 5.91 Å². The third-order valence-electron chi connectivity index (χ3n) is 3.99. The third kappa shape index (κ3) is 5.40. The quantitative estimate of drug-likeness (QED) is 0.788. The first kappa shape index (κ1) is 19.6. The van der Waals surface area contributed by atoms with Gasteiger partial charge in [-0.2, -0.15) is 5.10 Å². The van der Waals surface area contributed by atoms with Crippen molar-refractivity contribution < 1.29 is 19.1 Å². The van der Waals surface area contributed by atoms with Crippen molar-refractivity contribution in [3.63, 3.8) is 0 Å². The van der Waals surface area contributed by atoms with Crippen LogP contribution in [0.1, 0.15) is 50.3 Å². The number of ether oxygens (including phenoxy) is 1. The van der Waals surface area contributed by atoms with E-state index < -0.39 is 6.04 Å². The second-order valence-corrected chi connectivity index (χ2v) is 6.64. The maximum absolute atomic E-state index is 12.6. The average molecular weight is 359 g/mol. The third-order valence-corrected chi connectivity index (χ3v) is 3.99. The van der Waals surface area contributed by atoms with Gasteiger partial charge >= 0.3 is 5.97 Å². The average Bonchev–Trinajstić information content (AvgIpc) is 2.56. The molecule has 1 aromatic carbocycles. The predicted molar refractivity (Wildman–Crippen MR) is 97.3 cm³/mol. The molecule has 0 aliphatic carbocycles. The molecule has 0 aromatic heterocycles. The van der Waals surface area contributed by atoms with Crippen molar-refractivity contribution in [2.45, 2.75) is 52.2 Å². The molecule has 0 radical (unpaired) electrons. The molecule has 7 heteroatoms. The van der Waals surface area contributed by atoms with E-state index >= 15 is 0 Å². The van der Waals surface area contributed by atoms with Crippen molar-refractivity contribution >= 4 is 23.5 Å². The molecule has 1 unspecified atom stereocenters. The predicted octanol–water partition coefficient (Wildman–Crippen LogP) is 2.10. The van der Waals surface area contributed by atoms with Crippen molar-refractivity contribution in [2.75, 3.05) is 7.05 Å². The van der Waals surface area contributed by atoms with Gasteiger partial charge in [-0.15, -0.1) is 0 Å². The summed E-state index contributed by atoms with van der Waals surface area (Å²) >= 11 is 0. The van der Waals surface area contributed by atoms with Gasteiger partial charge in [0, 0.05) is 19.9 Å². The zero-order valence-corrected chi connectivity index (χ0v) is 15.6. The van der Waals surface area contributed by atoms with Gasteiger partial charge in [0.15, 0.2) is 0 Å². The minimum atomic E-state index is -0.528. The maximum Gasteiger partial charge on any atom is 0.308 e. The van der Waals surface area contributed by atoms with E-state index in [9.17, 15) is 14.4 Å². The highest BCUT2D eigenvalue weighted by atomic mass is 16.5. The molecule has 7 nitrogen and oxygen atoms in total. The standard InChI is InChI=1S/C19H25N3O4/c1-12(2)26-18(24)11-16(14-7-5-13(3)6-8-14)20-19(25)15-9-10-17(23)22(4)21-15/h5-8,12,16H,9-11H2,1-4H3,(H,20,25). The van der Waals surface area contributed by atoms with Crippen molar-refractivity contribution in [1.82, 2.24) is 10.3 Å². The Morgan fingerprint density at radius 3 is 2.46 bits per heavy atom. The van der Waals surface area contributed by atoms with E-state index in [4.69, 9.17) is 4.74 Å². The molecule has 1 N–H and O–H groups in total. The normalized spacial score (nSPS) is 15.5. The van der Waals surface area contributed by atoms with Gasteiger partial charge in [-0.25, -0.2) is 5.01 Å². The van der Waals surface area contributed by atoms with Gasteiger partial charge < -0.3 is 10.1 Å². The van der Waals surface area contributed by atoms with Crippen molar-refractivity contribution in [2.24, 2.45) is 5.10 Å². The number of nitrogens with one attached hydrogen (secondary N) is 1. The molecule has 2 rings (SSSR count). The number of carbonyl (C=O) groups excluding carboxylic acids is 3. The molecule has 1 heterocycles. The Kier molecular flexibility index (Phi) is 6.49. The zero-order valence-electron chi connectivity index (χ0n) is 15.6. The van der Waals surface area contributed by atoms with E-state index in [1.165, 1.54) is 12.1 Å². The van der Waals surface area contributed by atoms with Crippen LogP contribution in [-0.2, 0) is 19.1 Å². The van der Waals surface area contributed by atoms with E-state index in [2.05, 4.69) is 10.4 Å². The number of hydrazone groups is 1. The number of hydrogen-bond donors (Lipinski definition) is 1. The zero-order chi connectivity index (χ0) is 19.3. The molecule has 0 fully saturated rings. The lowest BCUT2D eigenvalue weighted by Gasteiger charge is -2.23. The van der Waals surface area contributed by atoms with Crippen LogP contribution < -0.4 is 5.32 Å². The molecule has 26 heavy (non-hydrogen) atoms. The summed E-state index contributed by atoms with van der Waals surface area (Å²) in [6, 6.07) is 7.07.